The van der Waals surface area contributed by atoms with Crippen LogP contribution >= 0.6 is 34.5 Å². The number of anilines is 1. The van der Waals surface area contributed by atoms with Gasteiger partial charge in [0.25, 0.3) is 0 Å². The Morgan fingerprint density at radius 2 is 1.96 bits per heavy atom. The second-order valence-electron chi connectivity index (χ2n) is 6.32. The van der Waals surface area contributed by atoms with E-state index < -0.39 is 0 Å². The Morgan fingerprint density at radius 3 is 2.64 bits per heavy atom. The summed E-state index contributed by atoms with van der Waals surface area (Å²) in [6, 6.07) is 8.20. The molecule has 0 amide bonds. The highest BCUT2D eigenvalue weighted by molar-refractivity contribution is 7.18. The van der Waals surface area contributed by atoms with Gasteiger partial charge >= 0.3 is 0 Å². The van der Waals surface area contributed by atoms with Gasteiger partial charge in [-0.25, -0.2) is 0 Å². The van der Waals surface area contributed by atoms with E-state index in [1.165, 1.54) is 0 Å². The number of hydrogen-bond acceptors (Lipinski definition) is 5. The maximum Gasteiger partial charge on any atom is 0.110 e. The normalized spacial score (nSPS) is 18.5. The molecule has 0 spiro atoms. The summed E-state index contributed by atoms with van der Waals surface area (Å²) in [6.45, 7) is 7.73. The Kier molecular flexibility index (Phi) is 7.36. The van der Waals surface area contributed by atoms with Crippen LogP contribution < -0.4 is 4.90 Å². The van der Waals surface area contributed by atoms with E-state index in [0.29, 0.717) is 23.3 Å². The number of aliphatic imine (C=N–C) groups is 1. The minimum atomic E-state index is 0.0861. The smallest absolute Gasteiger partial charge is 0.110 e. The van der Waals surface area contributed by atoms with Crippen LogP contribution in [0, 0.1) is 11.3 Å². The van der Waals surface area contributed by atoms with Crippen molar-refractivity contribution in [3.63, 3.8) is 0 Å². The van der Waals surface area contributed by atoms with E-state index in [1.54, 1.807) is 11.3 Å². The molecule has 2 aliphatic rings. The van der Waals surface area contributed by atoms with Crippen LogP contribution in [0.4, 0.5) is 5.00 Å². The van der Waals surface area contributed by atoms with Crippen molar-refractivity contribution in [1.29, 1.82) is 5.26 Å². The fourth-order valence-electron chi connectivity index (χ4n) is 3.55. The van der Waals surface area contributed by atoms with Crippen molar-refractivity contribution in [1.82, 2.24) is 0 Å². The number of hydrogen-bond donors (Lipinski definition) is 0. The van der Waals surface area contributed by atoms with Gasteiger partial charge in [-0.05, 0) is 29.7 Å². The average molecular weight is 436 g/mol. The topological polar surface area (TPSA) is 48.6 Å². The van der Waals surface area contributed by atoms with Gasteiger partial charge in [0, 0.05) is 31.8 Å². The molecule has 0 N–H and O–H groups in total. The summed E-state index contributed by atoms with van der Waals surface area (Å²) in [6.07, 6.45) is 2.76. The van der Waals surface area contributed by atoms with Crippen LogP contribution in [0.1, 0.15) is 47.8 Å². The highest BCUT2D eigenvalue weighted by Crippen LogP contribution is 2.44. The average Bonchev–Trinajstić information content (AvgIpc) is 2.98. The number of nitrogens with zero attached hydrogens (tertiary/aromatic N) is 3. The Morgan fingerprint density at radius 1 is 1.21 bits per heavy atom. The van der Waals surface area contributed by atoms with E-state index in [2.05, 4.69) is 16.0 Å². The van der Waals surface area contributed by atoms with Crippen LogP contribution in [0.2, 0.25) is 10.0 Å². The molecule has 0 radical (unpaired) electrons. The lowest BCUT2D eigenvalue weighted by atomic mass is 9.87. The van der Waals surface area contributed by atoms with Crippen molar-refractivity contribution in [2.45, 2.75) is 26.2 Å². The molecule has 4 rings (SSSR count). The summed E-state index contributed by atoms with van der Waals surface area (Å²) in [4.78, 5) is 7.85. The molecule has 1 atom stereocenters. The number of fused-ring (bicyclic) bond motifs is 1. The van der Waals surface area contributed by atoms with Crippen molar-refractivity contribution >= 4 is 45.8 Å². The summed E-state index contributed by atoms with van der Waals surface area (Å²) < 4.78 is 5.46. The third-order valence-electron chi connectivity index (χ3n) is 4.82. The van der Waals surface area contributed by atoms with Crippen molar-refractivity contribution < 1.29 is 4.74 Å². The lowest BCUT2D eigenvalue weighted by Gasteiger charge is -2.28. The molecule has 0 aliphatic carbocycles. The number of rotatable bonds is 2. The number of nitriles is 1. The number of benzene rings is 1. The van der Waals surface area contributed by atoms with Gasteiger partial charge in [0.05, 0.1) is 33.7 Å². The van der Waals surface area contributed by atoms with Gasteiger partial charge in [-0.2, -0.15) is 5.26 Å². The predicted octanol–water partition coefficient (Wildman–Crippen LogP) is 5.74. The first kappa shape index (κ1) is 21.1. The van der Waals surface area contributed by atoms with Gasteiger partial charge < -0.3 is 9.64 Å². The van der Waals surface area contributed by atoms with Crippen LogP contribution in [0.5, 0.6) is 0 Å². The van der Waals surface area contributed by atoms with Crippen LogP contribution in [0.25, 0.3) is 0 Å². The molecular formula is C21H23Cl2N3OS. The minimum Gasteiger partial charge on any atom is -0.378 e. The van der Waals surface area contributed by atoms with Gasteiger partial charge in [-0.1, -0.05) is 43.1 Å². The van der Waals surface area contributed by atoms with Crippen LogP contribution in [-0.2, 0) is 4.74 Å². The third-order valence-corrected chi connectivity index (χ3v) is 6.76. The summed E-state index contributed by atoms with van der Waals surface area (Å²) in [5, 5.41) is 12.1. The second-order valence-corrected chi connectivity index (χ2v) is 8.17. The summed E-state index contributed by atoms with van der Waals surface area (Å²) in [5.74, 6) is 0.0861. The first-order chi connectivity index (χ1) is 13.7. The molecule has 7 heteroatoms. The van der Waals surface area contributed by atoms with Gasteiger partial charge in [0.1, 0.15) is 11.1 Å². The van der Waals surface area contributed by atoms with E-state index in [4.69, 9.17) is 27.9 Å². The monoisotopic (exact) mass is 435 g/mol. The lowest BCUT2D eigenvalue weighted by Crippen LogP contribution is -2.36. The SMILES string of the molecule is CC.N#Cc1c(N2CCOCC2)sc2c1C(c1ccc(Cl)c(Cl)c1)CCN=C2. The lowest BCUT2D eigenvalue weighted by molar-refractivity contribution is 0.123. The number of halogens is 2. The zero-order valence-corrected chi connectivity index (χ0v) is 18.4. The first-order valence-corrected chi connectivity index (χ1v) is 11.1. The molecule has 0 saturated carbocycles. The van der Waals surface area contributed by atoms with E-state index in [0.717, 1.165) is 52.6 Å². The fourth-order valence-corrected chi connectivity index (χ4v) is 5.11. The standard InChI is InChI=1S/C19H17Cl2N3OS.C2H6/c20-15-2-1-12(9-16(15)21)13-3-4-23-11-17-18(13)14(10-22)19(26-17)24-5-7-25-8-6-24;1-2/h1-2,9,11,13H,3-8H2;1-2H3. The van der Waals surface area contributed by atoms with Gasteiger partial charge in [0.2, 0.25) is 0 Å². The number of thiophene rings is 1. The highest BCUT2D eigenvalue weighted by atomic mass is 35.5. The highest BCUT2D eigenvalue weighted by Gasteiger charge is 2.30. The van der Waals surface area contributed by atoms with Crippen molar-refractivity contribution in [3.8, 4) is 6.07 Å². The molecule has 1 fully saturated rings. The van der Waals surface area contributed by atoms with E-state index in [1.807, 2.05) is 38.3 Å². The number of morpholine rings is 1. The Hall–Kier alpha value is -1.58. The molecule has 4 nitrogen and oxygen atoms in total. The van der Waals surface area contributed by atoms with Gasteiger partial charge in [-0.3, -0.25) is 4.99 Å². The van der Waals surface area contributed by atoms with E-state index in [-0.39, 0.29) is 5.92 Å². The Balaban J connectivity index is 0.00000109. The van der Waals surface area contributed by atoms with Crippen molar-refractivity contribution in [3.05, 3.63) is 49.8 Å². The molecule has 28 heavy (non-hydrogen) atoms. The summed E-state index contributed by atoms with van der Waals surface area (Å²) in [5.41, 5.74) is 2.91. The zero-order valence-electron chi connectivity index (χ0n) is 16.0. The number of ether oxygens (including phenoxy) is 1. The molecule has 3 heterocycles. The van der Waals surface area contributed by atoms with Crippen LogP contribution in [-0.4, -0.2) is 39.1 Å². The van der Waals surface area contributed by atoms with Gasteiger partial charge in [0.15, 0.2) is 0 Å². The zero-order chi connectivity index (χ0) is 20.1. The first-order valence-electron chi connectivity index (χ1n) is 9.53. The van der Waals surface area contributed by atoms with E-state index >= 15 is 0 Å². The van der Waals surface area contributed by atoms with Crippen LogP contribution in [0.15, 0.2) is 23.2 Å². The van der Waals surface area contributed by atoms with Gasteiger partial charge in [-0.15, -0.1) is 11.3 Å². The third kappa shape index (κ3) is 4.21. The fraction of sp³-hybridized carbons (Fsp3) is 0.429. The minimum absolute atomic E-state index is 0.0861. The maximum atomic E-state index is 9.96. The molecule has 2 aliphatic heterocycles. The van der Waals surface area contributed by atoms with Crippen molar-refractivity contribution in [2.24, 2.45) is 4.99 Å². The summed E-state index contributed by atoms with van der Waals surface area (Å²) in [7, 11) is 0. The molecule has 148 valence electrons. The molecule has 1 saturated heterocycles. The summed E-state index contributed by atoms with van der Waals surface area (Å²) >= 11 is 14.0. The predicted molar refractivity (Wildman–Crippen MR) is 119 cm³/mol. The second kappa shape index (κ2) is 9.76. The van der Waals surface area contributed by atoms with E-state index in [9.17, 15) is 5.26 Å². The Labute approximate surface area is 180 Å². The molecule has 1 aromatic heterocycles. The Bertz CT molecular complexity index is 898. The largest absolute Gasteiger partial charge is 0.378 e. The molecule has 1 unspecified atom stereocenters. The quantitative estimate of drug-likeness (QED) is 0.603. The van der Waals surface area contributed by atoms with Crippen LogP contribution in [0.3, 0.4) is 0 Å². The molecule has 1 aromatic carbocycles. The van der Waals surface area contributed by atoms with Crippen molar-refractivity contribution in [2.75, 3.05) is 37.7 Å². The molecule has 2 aromatic rings. The molecule has 0 bridgehead atoms. The maximum absolute atomic E-state index is 9.96. The molecular weight excluding hydrogens is 413 g/mol.